The molecule has 2 rings (SSSR count). The highest BCUT2D eigenvalue weighted by Gasteiger charge is 2.18. The molecule has 0 spiro atoms. The molecule has 0 radical (unpaired) electrons. The van der Waals surface area contributed by atoms with Gasteiger partial charge in [0.1, 0.15) is 5.82 Å². The van der Waals surface area contributed by atoms with Gasteiger partial charge in [-0.2, -0.15) is 0 Å². The molecule has 0 bridgehead atoms. The quantitative estimate of drug-likeness (QED) is 0.655. The molecule has 8 nitrogen and oxygen atoms in total. The molecule has 2 N–H and O–H groups in total. The van der Waals surface area contributed by atoms with Gasteiger partial charge in [0.25, 0.3) is 11.8 Å². The summed E-state index contributed by atoms with van der Waals surface area (Å²) in [7, 11) is 1.27. The molecule has 0 saturated carbocycles. The molecule has 124 valence electrons. The smallest absolute Gasteiger partial charge is 0.311 e. The SMILES string of the molecule is COc1ccc(C(=O)NNC(=O)c2ccc(F)cc2)cc1[N+](=O)[O-]. The van der Waals surface area contributed by atoms with Crippen LogP contribution in [-0.2, 0) is 0 Å². The maximum Gasteiger partial charge on any atom is 0.311 e. The zero-order chi connectivity index (χ0) is 17.7. The minimum Gasteiger partial charge on any atom is -0.490 e. The first-order valence-corrected chi connectivity index (χ1v) is 6.61. The van der Waals surface area contributed by atoms with Gasteiger partial charge in [-0.3, -0.25) is 30.6 Å². The van der Waals surface area contributed by atoms with Gasteiger partial charge in [-0.1, -0.05) is 0 Å². The highest BCUT2D eigenvalue weighted by Crippen LogP contribution is 2.27. The molecule has 0 unspecified atom stereocenters. The fourth-order valence-corrected chi connectivity index (χ4v) is 1.83. The minimum atomic E-state index is -0.754. The average Bonchev–Trinajstić information content (AvgIpc) is 2.59. The standard InChI is InChI=1S/C15H12FN3O5/c1-24-13-7-4-10(8-12(13)19(22)23)15(21)18-17-14(20)9-2-5-11(16)6-3-9/h2-8H,1H3,(H,17,20)(H,18,21). The molecule has 0 aromatic heterocycles. The maximum absolute atomic E-state index is 12.8. The number of amides is 2. The van der Waals surface area contributed by atoms with E-state index in [9.17, 15) is 24.1 Å². The van der Waals surface area contributed by atoms with Gasteiger partial charge in [0.15, 0.2) is 5.75 Å². The van der Waals surface area contributed by atoms with Crippen molar-refractivity contribution >= 4 is 17.5 Å². The molecule has 0 fully saturated rings. The number of carbonyl (C=O) groups is 2. The van der Waals surface area contributed by atoms with Crippen LogP contribution in [0.4, 0.5) is 10.1 Å². The van der Waals surface area contributed by atoms with Crippen LogP contribution < -0.4 is 15.6 Å². The predicted molar refractivity (Wildman–Crippen MR) is 81.0 cm³/mol. The summed E-state index contributed by atoms with van der Waals surface area (Å²) in [5, 5.41) is 10.9. The lowest BCUT2D eigenvalue weighted by Gasteiger charge is -2.08. The molecule has 9 heteroatoms. The van der Waals surface area contributed by atoms with Crippen LogP contribution in [0.3, 0.4) is 0 Å². The lowest BCUT2D eigenvalue weighted by Crippen LogP contribution is -2.41. The Morgan fingerprint density at radius 2 is 1.58 bits per heavy atom. The van der Waals surface area contributed by atoms with Crippen LogP contribution >= 0.6 is 0 Å². The minimum absolute atomic E-state index is 0.00639. The van der Waals surface area contributed by atoms with Crippen LogP contribution in [0.25, 0.3) is 0 Å². The first kappa shape index (κ1) is 16.9. The monoisotopic (exact) mass is 333 g/mol. The van der Waals surface area contributed by atoms with Crippen molar-refractivity contribution in [2.75, 3.05) is 7.11 Å². The van der Waals surface area contributed by atoms with Crippen molar-refractivity contribution in [2.45, 2.75) is 0 Å². The van der Waals surface area contributed by atoms with Gasteiger partial charge in [0.2, 0.25) is 0 Å². The van der Waals surface area contributed by atoms with Crippen molar-refractivity contribution < 1.29 is 23.6 Å². The van der Waals surface area contributed by atoms with E-state index in [-0.39, 0.29) is 22.6 Å². The number of hydrazine groups is 1. The Bertz CT molecular complexity index is 792. The lowest BCUT2D eigenvalue weighted by molar-refractivity contribution is -0.385. The number of hydrogen-bond acceptors (Lipinski definition) is 5. The van der Waals surface area contributed by atoms with E-state index < -0.39 is 22.6 Å². The van der Waals surface area contributed by atoms with Crippen LogP contribution in [0.15, 0.2) is 42.5 Å². The van der Waals surface area contributed by atoms with Gasteiger partial charge in [-0.25, -0.2) is 4.39 Å². The van der Waals surface area contributed by atoms with Crippen LogP contribution in [0.5, 0.6) is 5.75 Å². The van der Waals surface area contributed by atoms with Crippen molar-refractivity contribution in [3.05, 3.63) is 69.5 Å². The van der Waals surface area contributed by atoms with E-state index in [4.69, 9.17) is 4.74 Å². The second-order valence-corrected chi connectivity index (χ2v) is 4.56. The molecular weight excluding hydrogens is 321 g/mol. The van der Waals surface area contributed by atoms with Crippen LogP contribution in [0.2, 0.25) is 0 Å². The molecule has 0 aliphatic rings. The number of nitro benzene ring substituents is 1. The van der Waals surface area contributed by atoms with Gasteiger partial charge in [-0.05, 0) is 36.4 Å². The van der Waals surface area contributed by atoms with Gasteiger partial charge in [-0.15, -0.1) is 0 Å². The van der Waals surface area contributed by atoms with E-state index in [1.165, 1.54) is 31.4 Å². The van der Waals surface area contributed by atoms with Gasteiger partial charge in [0, 0.05) is 17.2 Å². The van der Waals surface area contributed by atoms with Crippen LogP contribution in [-0.4, -0.2) is 23.8 Å². The van der Waals surface area contributed by atoms with Crippen molar-refractivity contribution in [3.8, 4) is 5.75 Å². The number of halogens is 1. The van der Waals surface area contributed by atoms with Gasteiger partial charge in [0.05, 0.1) is 12.0 Å². The maximum atomic E-state index is 12.8. The molecule has 0 aliphatic carbocycles. The fourth-order valence-electron chi connectivity index (χ4n) is 1.83. The number of nitrogens with zero attached hydrogens (tertiary/aromatic N) is 1. The van der Waals surface area contributed by atoms with E-state index in [2.05, 4.69) is 10.9 Å². The van der Waals surface area contributed by atoms with Crippen LogP contribution in [0, 0.1) is 15.9 Å². The first-order valence-electron chi connectivity index (χ1n) is 6.61. The number of nitro groups is 1. The van der Waals surface area contributed by atoms with Crippen LogP contribution in [0.1, 0.15) is 20.7 Å². The summed E-state index contributed by atoms with van der Waals surface area (Å²) in [5.41, 5.74) is 3.97. The fraction of sp³-hybridized carbons (Fsp3) is 0.0667. The zero-order valence-corrected chi connectivity index (χ0v) is 12.4. The largest absolute Gasteiger partial charge is 0.490 e. The highest BCUT2D eigenvalue weighted by atomic mass is 19.1. The number of benzene rings is 2. The predicted octanol–water partition coefficient (Wildman–Crippen LogP) is 1.82. The molecule has 24 heavy (non-hydrogen) atoms. The third kappa shape index (κ3) is 3.83. The molecule has 0 aliphatic heterocycles. The molecule has 2 aromatic rings. The zero-order valence-electron chi connectivity index (χ0n) is 12.4. The Hall–Kier alpha value is -3.49. The molecular formula is C15H12FN3O5. The Kier molecular flexibility index (Phi) is 5.05. The second-order valence-electron chi connectivity index (χ2n) is 4.56. The van der Waals surface area contributed by atoms with Crippen molar-refractivity contribution in [1.82, 2.24) is 10.9 Å². The van der Waals surface area contributed by atoms with Gasteiger partial charge < -0.3 is 4.74 Å². The van der Waals surface area contributed by atoms with E-state index in [0.29, 0.717) is 0 Å². The van der Waals surface area contributed by atoms with E-state index in [1.54, 1.807) is 0 Å². The Balaban J connectivity index is 2.07. The van der Waals surface area contributed by atoms with Gasteiger partial charge >= 0.3 is 5.69 Å². The summed E-state index contributed by atoms with van der Waals surface area (Å²) in [4.78, 5) is 34.0. The van der Waals surface area contributed by atoms with E-state index in [1.807, 2.05) is 0 Å². The molecule has 2 aromatic carbocycles. The topological polar surface area (TPSA) is 111 Å². The first-order chi connectivity index (χ1) is 11.4. The number of ether oxygens (including phenoxy) is 1. The Labute approximate surface area is 135 Å². The van der Waals surface area contributed by atoms with Crippen molar-refractivity contribution in [1.29, 1.82) is 0 Å². The third-order valence-electron chi connectivity index (χ3n) is 3.03. The number of methoxy groups -OCH3 is 1. The summed E-state index contributed by atoms with van der Waals surface area (Å²) in [6, 6.07) is 8.30. The number of hydrogen-bond donors (Lipinski definition) is 2. The molecule has 0 atom stereocenters. The summed E-state index contributed by atoms with van der Waals surface area (Å²) in [6.45, 7) is 0. The number of rotatable bonds is 4. The van der Waals surface area contributed by atoms with E-state index >= 15 is 0 Å². The normalized spacial score (nSPS) is 9.92. The highest BCUT2D eigenvalue weighted by molar-refractivity contribution is 5.99. The molecule has 2 amide bonds. The summed E-state index contributed by atoms with van der Waals surface area (Å²) < 4.78 is 17.6. The number of nitrogens with one attached hydrogen (secondary N) is 2. The lowest BCUT2D eigenvalue weighted by atomic mass is 10.2. The Morgan fingerprint density at radius 1 is 1.04 bits per heavy atom. The summed E-state index contributed by atoms with van der Waals surface area (Å²) >= 11 is 0. The molecule has 0 saturated heterocycles. The van der Waals surface area contributed by atoms with E-state index in [0.717, 1.165) is 18.2 Å². The third-order valence-corrected chi connectivity index (χ3v) is 3.03. The second kappa shape index (κ2) is 7.18. The summed E-state index contributed by atoms with van der Waals surface area (Å²) in [5.74, 6) is -1.91. The van der Waals surface area contributed by atoms with Crippen molar-refractivity contribution in [2.24, 2.45) is 0 Å². The number of carbonyl (C=O) groups excluding carboxylic acids is 2. The summed E-state index contributed by atoms with van der Waals surface area (Å²) in [6.07, 6.45) is 0. The molecule has 0 heterocycles. The van der Waals surface area contributed by atoms with Crippen molar-refractivity contribution in [3.63, 3.8) is 0 Å². The Morgan fingerprint density at radius 3 is 2.12 bits per heavy atom. The average molecular weight is 333 g/mol.